The zero-order chi connectivity index (χ0) is 19.2. The minimum Gasteiger partial charge on any atom is -0.341 e. The smallest absolute Gasteiger partial charge is 0.239 e. The Labute approximate surface area is 190 Å². The summed E-state index contributed by atoms with van der Waals surface area (Å²) in [6.07, 6.45) is 7.64. The number of hydrogen-bond acceptors (Lipinski definition) is 4. The average Bonchev–Trinajstić information content (AvgIpc) is 3.31. The van der Waals surface area contributed by atoms with Crippen LogP contribution in [0.25, 0.3) is 0 Å². The number of nitrogens with zero attached hydrogens (tertiary/aromatic N) is 3. The predicted molar refractivity (Wildman–Crippen MR) is 126 cm³/mol. The maximum absolute atomic E-state index is 12.8. The van der Waals surface area contributed by atoms with Crippen molar-refractivity contribution in [3.8, 4) is 0 Å². The molecule has 0 bridgehead atoms. The molecular weight excluding hydrogens is 427 g/mol. The molecule has 1 amide bonds. The Morgan fingerprint density at radius 1 is 1.31 bits per heavy atom. The summed E-state index contributed by atoms with van der Waals surface area (Å²) in [7, 11) is 1.90. The summed E-state index contributed by atoms with van der Waals surface area (Å²) in [5.41, 5.74) is 8.32. The quantitative estimate of drug-likeness (QED) is 0.653. The molecule has 1 aliphatic rings. The molecule has 1 fully saturated rings. The maximum atomic E-state index is 12.8. The number of carbonyl (C=O) groups is 1. The van der Waals surface area contributed by atoms with E-state index in [1.165, 1.54) is 12.0 Å². The first-order chi connectivity index (χ1) is 13.1. The Hall–Kier alpha value is -1.21. The molecule has 0 saturated heterocycles. The topological polar surface area (TPSA) is 64.2 Å². The van der Waals surface area contributed by atoms with Gasteiger partial charge in [-0.1, -0.05) is 37.3 Å². The molecule has 29 heavy (non-hydrogen) atoms. The Kier molecular flexibility index (Phi) is 11.1. The lowest BCUT2D eigenvalue weighted by Gasteiger charge is -2.27. The van der Waals surface area contributed by atoms with Gasteiger partial charge in [0.2, 0.25) is 5.91 Å². The van der Waals surface area contributed by atoms with Gasteiger partial charge in [0.1, 0.15) is 0 Å². The summed E-state index contributed by atoms with van der Waals surface area (Å²) in [5, 5.41) is 0.681. The van der Waals surface area contributed by atoms with Crippen LogP contribution in [0.15, 0.2) is 42.9 Å². The molecule has 1 aliphatic carbocycles. The zero-order valence-corrected chi connectivity index (χ0v) is 19.5. The molecule has 1 aromatic heterocycles. The van der Waals surface area contributed by atoms with Gasteiger partial charge in [-0.05, 0) is 30.6 Å². The average molecular weight is 459 g/mol. The van der Waals surface area contributed by atoms with E-state index >= 15 is 0 Å². The highest BCUT2D eigenvalue weighted by atomic mass is 35.5. The number of aromatic nitrogens is 2. The highest BCUT2D eigenvalue weighted by molar-refractivity contribution is 7.99. The van der Waals surface area contributed by atoms with Gasteiger partial charge in [-0.2, -0.15) is 11.8 Å². The molecule has 3 rings (SSSR count). The van der Waals surface area contributed by atoms with Crippen molar-refractivity contribution >= 4 is 42.5 Å². The van der Waals surface area contributed by atoms with Crippen molar-refractivity contribution in [2.75, 3.05) is 12.8 Å². The van der Waals surface area contributed by atoms with E-state index in [2.05, 4.69) is 24.0 Å². The van der Waals surface area contributed by atoms with Gasteiger partial charge in [-0.15, -0.1) is 24.8 Å². The van der Waals surface area contributed by atoms with Gasteiger partial charge < -0.3 is 15.2 Å². The van der Waals surface area contributed by atoms with Gasteiger partial charge >= 0.3 is 0 Å². The Morgan fingerprint density at radius 3 is 2.72 bits per heavy atom. The summed E-state index contributed by atoms with van der Waals surface area (Å²) in [6, 6.07) is 10.0. The second-order valence-corrected chi connectivity index (χ2v) is 8.90. The molecule has 1 heterocycles. The van der Waals surface area contributed by atoms with Gasteiger partial charge in [0.25, 0.3) is 0 Å². The molecule has 8 heteroatoms. The number of benzene rings is 1. The van der Waals surface area contributed by atoms with Gasteiger partial charge in [0.05, 0.1) is 18.1 Å². The van der Waals surface area contributed by atoms with Gasteiger partial charge in [0, 0.05) is 37.5 Å². The SMILES string of the molecule is CCSC1CCC(N(C)C(=O)[C@@H](N)Cc2cn(Cc3ccccc3)cn2)C1.Cl.Cl. The third-order valence-corrected chi connectivity index (χ3v) is 6.53. The van der Waals surface area contributed by atoms with Crippen LogP contribution in [0, 0.1) is 0 Å². The van der Waals surface area contributed by atoms with Crippen LogP contribution >= 0.6 is 36.6 Å². The van der Waals surface area contributed by atoms with E-state index in [9.17, 15) is 4.79 Å². The monoisotopic (exact) mass is 458 g/mol. The van der Waals surface area contributed by atoms with Crippen molar-refractivity contribution in [3.63, 3.8) is 0 Å². The van der Waals surface area contributed by atoms with Crippen LogP contribution in [0.5, 0.6) is 0 Å². The van der Waals surface area contributed by atoms with Gasteiger partial charge in [-0.25, -0.2) is 4.98 Å². The molecule has 2 N–H and O–H groups in total. The molecule has 3 atom stereocenters. The molecular formula is C21H32Cl2N4OS. The summed E-state index contributed by atoms with van der Waals surface area (Å²) < 4.78 is 2.04. The zero-order valence-electron chi connectivity index (χ0n) is 17.1. The standard InChI is InChI=1S/C21H30N4OS.2ClH/c1-3-27-19-10-9-18(12-19)24(2)21(26)20(22)11-17-14-25(15-23-17)13-16-7-5-4-6-8-16;;/h4-8,14-15,18-20H,3,9-13,22H2,1-2H3;2*1H/t18?,19?,20-;;/m0../s1. The largest absolute Gasteiger partial charge is 0.341 e. The normalized spacial score (nSPS) is 19.1. The Morgan fingerprint density at radius 2 is 2.03 bits per heavy atom. The molecule has 1 aromatic carbocycles. The minimum absolute atomic E-state index is 0. The molecule has 2 unspecified atom stereocenters. The van der Waals surface area contributed by atoms with E-state index in [0.29, 0.717) is 17.7 Å². The Balaban J connectivity index is 0.00000210. The van der Waals surface area contributed by atoms with Gasteiger partial charge in [0.15, 0.2) is 0 Å². The van der Waals surface area contributed by atoms with Crippen LogP contribution in [0.3, 0.4) is 0 Å². The van der Waals surface area contributed by atoms with Crippen LogP contribution in [0.4, 0.5) is 0 Å². The lowest BCUT2D eigenvalue weighted by atomic mass is 10.1. The molecule has 162 valence electrons. The minimum atomic E-state index is -0.534. The van der Waals surface area contributed by atoms with Gasteiger partial charge in [-0.3, -0.25) is 4.79 Å². The van der Waals surface area contributed by atoms with Crippen LogP contribution in [0.2, 0.25) is 0 Å². The van der Waals surface area contributed by atoms with E-state index in [-0.39, 0.29) is 30.7 Å². The van der Waals surface area contributed by atoms with Crippen molar-refractivity contribution in [3.05, 3.63) is 54.1 Å². The van der Waals surface area contributed by atoms with Crippen molar-refractivity contribution in [1.29, 1.82) is 0 Å². The van der Waals surface area contributed by atoms with E-state index in [1.807, 2.05) is 59.0 Å². The summed E-state index contributed by atoms with van der Waals surface area (Å²) in [6.45, 7) is 2.97. The number of likely N-dealkylation sites (N-methyl/N-ethyl adjacent to an activating group) is 1. The van der Waals surface area contributed by atoms with E-state index in [0.717, 1.165) is 30.8 Å². The summed E-state index contributed by atoms with van der Waals surface area (Å²) in [5.74, 6) is 1.17. The first-order valence-corrected chi connectivity index (χ1v) is 10.8. The third-order valence-electron chi connectivity index (χ3n) is 5.30. The van der Waals surface area contributed by atoms with Crippen molar-refractivity contribution in [1.82, 2.24) is 14.5 Å². The fourth-order valence-corrected chi connectivity index (χ4v) is 4.94. The van der Waals surface area contributed by atoms with Crippen LogP contribution in [0.1, 0.15) is 37.4 Å². The number of hydrogen-bond donors (Lipinski definition) is 1. The second kappa shape index (κ2) is 12.5. The predicted octanol–water partition coefficient (Wildman–Crippen LogP) is 3.78. The number of nitrogens with two attached hydrogens (primary N) is 1. The molecule has 0 radical (unpaired) electrons. The number of thioether (sulfide) groups is 1. The van der Waals surface area contributed by atoms with E-state index in [4.69, 9.17) is 5.73 Å². The summed E-state index contributed by atoms with van der Waals surface area (Å²) >= 11 is 2.00. The maximum Gasteiger partial charge on any atom is 0.239 e. The fourth-order valence-electron chi connectivity index (χ4n) is 3.80. The summed E-state index contributed by atoms with van der Waals surface area (Å²) in [4.78, 5) is 19.1. The number of carbonyl (C=O) groups excluding carboxylic acids is 1. The van der Waals surface area contributed by atoms with Crippen LogP contribution in [-0.4, -0.2) is 50.5 Å². The lowest BCUT2D eigenvalue weighted by molar-refractivity contribution is -0.133. The number of imidazole rings is 1. The third kappa shape index (κ3) is 7.21. The molecule has 0 aliphatic heterocycles. The molecule has 2 aromatic rings. The van der Waals surface area contributed by atoms with E-state index < -0.39 is 6.04 Å². The number of rotatable bonds is 8. The molecule has 1 saturated carbocycles. The molecule has 5 nitrogen and oxygen atoms in total. The molecule has 0 spiro atoms. The highest BCUT2D eigenvalue weighted by Gasteiger charge is 2.31. The van der Waals surface area contributed by atoms with E-state index in [1.54, 1.807) is 0 Å². The Bertz CT molecular complexity index is 743. The number of halogens is 2. The van der Waals surface area contributed by atoms with Crippen molar-refractivity contribution in [2.45, 2.75) is 56.5 Å². The van der Waals surface area contributed by atoms with Crippen molar-refractivity contribution in [2.24, 2.45) is 5.73 Å². The highest BCUT2D eigenvalue weighted by Crippen LogP contribution is 2.32. The van der Waals surface area contributed by atoms with Crippen LogP contribution < -0.4 is 5.73 Å². The first-order valence-electron chi connectivity index (χ1n) is 9.75. The number of amides is 1. The first kappa shape index (κ1) is 25.8. The second-order valence-electron chi connectivity index (χ2n) is 7.33. The van der Waals surface area contributed by atoms with Crippen molar-refractivity contribution < 1.29 is 4.79 Å². The van der Waals surface area contributed by atoms with Crippen LogP contribution in [-0.2, 0) is 17.8 Å². The lowest BCUT2D eigenvalue weighted by Crippen LogP contribution is -2.46. The fraction of sp³-hybridized carbons (Fsp3) is 0.524.